The van der Waals surface area contributed by atoms with Gasteiger partial charge in [-0.2, -0.15) is 0 Å². The summed E-state index contributed by atoms with van der Waals surface area (Å²) in [6.45, 7) is 0. The molecule has 2 heterocycles. The molecule has 0 aliphatic rings. The smallest absolute Gasteiger partial charge is 0.124 e. The lowest BCUT2D eigenvalue weighted by molar-refractivity contribution is 1.29. The molecule has 11 aromatic rings. The van der Waals surface area contributed by atoms with E-state index in [1.54, 1.807) is 22.7 Å². The first-order chi connectivity index (χ1) is 27.2. The van der Waals surface area contributed by atoms with Crippen LogP contribution in [0.1, 0.15) is 0 Å². The van der Waals surface area contributed by atoms with E-state index < -0.39 is 0 Å². The van der Waals surface area contributed by atoms with Crippen LogP contribution in [0.15, 0.2) is 188 Å². The number of benzene rings is 9. The number of hydrogen-bond donors (Lipinski definition) is 0. The van der Waals surface area contributed by atoms with Gasteiger partial charge >= 0.3 is 0 Å². The number of anilines is 3. The fourth-order valence-electron chi connectivity index (χ4n) is 7.78. The lowest BCUT2D eigenvalue weighted by Crippen LogP contribution is -2.09. The standard InChI is InChI=1S/C50H31N3S2/c1-2-9-41-32(8-1)23-29-44-42(10-7-11-43(41)44)37-17-16-36-31-40(28-22-35(36)30-37)53(38-24-18-33(19-25-38)49-51-45-12-3-5-14-47(45)54-49)39-26-20-34(21-27-39)50-52-46-13-4-6-15-48(46)55-50/h1-31H. The Hall–Kier alpha value is -6.66. The molecule has 0 saturated carbocycles. The van der Waals surface area contributed by atoms with Gasteiger partial charge < -0.3 is 4.90 Å². The topological polar surface area (TPSA) is 29.0 Å². The first kappa shape index (κ1) is 31.8. The summed E-state index contributed by atoms with van der Waals surface area (Å²) in [6.07, 6.45) is 0. The molecule has 0 aliphatic heterocycles. The molecule has 0 amide bonds. The maximum Gasteiger partial charge on any atom is 0.124 e. The normalized spacial score (nSPS) is 11.6. The summed E-state index contributed by atoms with van der Waals surface area (Å²) < 4.78 is 2.40. The van der Waals surface area contributed by atoms with Gasteiger partial charge in [-0.3, -0.25) is 0 Å². The van der Waals surface area contributed by atoms with E-state index in [0.29, 0.717) is 0 Å². The summed E-state index contributed by atoms with van der Waals surface area (Å²) in [5.74, 6) is 0. The average molecular weight is 738 g/mol. The van der Waals surface area contributed by atoms with Gasteiger partial charge in [0.25, 0.3) is 0 Å². The molecule has 258 valence electrons. The van der Waals surface area contributed by atoms with E-state index in [0.717, 1.165) is 49.2 Å². The molecule has 55 heavy (non-hydrogen) atoms. The van der Waals surface area contributed by atoms with E-state index in [2.05, 4.69) is 181 Å². The second-order valence-corrected chi connectivity index (χ2v) is 15.9. The number of fused-ring (bicyclic) bond motifs is 6. The van der Waals surface area contributed by atoms with Gasteiger partial charge in [-0.05, 0) is 134 Å². The van der Waals surface area contributed by atoms with Crippen molar-refractivity contribution in [2.45, 2.75) is 0 Å². The van der Waals surface area contributed by atoms with Crippen LogP contribution in [0.4, 0.5) is 17.1 Å². The third-order valence-electron chi connectivity index (χ3n) is 10.5. The van der Waals surface area contributed by atoms with Crippen molar-refractivity contribution in [3.8, 4) is 32.3 Å². The van der Waals surface area contributed by atoms with Crippen LogP contribution < -0.4 is 4.90 Å². The minimum Gasteiger partial charge on any atom is -0.310 e. The minimum absolute atomic E-state index is 1.03. The number of rotatable bonds is 6. The molecule has 11 rings (SSSR count). The van der Waals surface area contributed by atoms with Crippen molar-refractivity contribution in [2.24, 2.45) is 0 Å². The van der Waals surface area contributed by atoms with Crippen LogP contribution >= 0.6 is 22.7 Å². The monoisotopic (exact) mass is 737 g/mol. The van der Waals surface area contributed by atoms with Crippen molar-refractivity contribution in [1.29, 1.82) is 0 Å². The lowest BCUT2D eigenvalue weighted by Gasteiger charge is -2.26. The molecule has 0 N–H and O–H groups in total. The van der Waals surface area contributed by atoms with Crippen LogP contribution in [0.2, 0.25) is 0 Å². The Morgan fingerprint density at radius 1 is 0.345 bits per heavy atom. The van der Waals surface area contributed by atoms with Gasteiger partial charge in [-0.1, -0.05) is 97.1 Å². The van der Waals surface area contributed by atoms with Crippen molar-refractivity contribution in [3.63, 3.8) is 0 Å². The predicted molar refractivity (Wildman–Crippen MR) is 236 cm³/mol. The van der Waals surface area contributed by atoms with Crippen LogP contribution in [-0.2, 0) is 0 Å². The fraction of sp³-hybridized carbons (Fsp3) is 0. The highest BCUT2D eigenvalue weighted by Crippen LogP contribution is 2.41. The molecule has 0 aliphatic carbocycles. The Morgan fingerprint density at radius 3 is 1.55 bits per heavy atom. The maximum atomic E-state index is 4.92. The van der Waals surface area contributed by atoms with Crippen molar-refractivity contribution in [2.75, 3.05) is 4.90 Å². The third-order valence-corrected chi connectivity index (χ3v) is 12.7. The Kier molecular flexibility index (Phi) is 7.54. The molecule has 2 aromatic heterocycles. The zero-order valence-electron chi connectivity index (χ0n) is 29.6. The number of para-hydroxylation sites is 2. The fourth-order valence-corrected chi connectivity index (χ4v) is 9.72. The van der Waals surface area contributed by atoms with Gasteiger partial charge in [0, 0.05) is 28.2 Å². The van der Waals surface area contributed by atoms with E-state index in [4.69, 9.17) is 9.97 Å². The van der Waals surface area contributed by atoms with Crippen molar-refractivity contribution < 1.29 is 0 Å². The van der Waals surface area contributed by atoms with Gasteiger partial charge in [-0.15, -0.1) is 22.7 Å². The Morgan fingerprint density at radius 2 is 0.873 bits per heavy atom. The van der Waals surface area contributed by atoms with E-state index >= 15 is 0 Å². The van der Waals surface area contributed by atoms with Gasteiger partial charge in [0.05, 0.1) is 20.4 Å². The largest absolute Gasteiger partial charge is 0.310 e. The molecule has 0 atom stereocenters. The SMILES string of the molecule is c1ccc2c(c1)ccc1c(-c3ccc4cc(N(c5ccc(-c6nc7ccccc7s6)cc5)c5ccc(-c6nc7ccccc7s6)cc5)ccc4c3)cccc12. The molecule has 0 spiro atoms. The number of aromatic nitrogens is 2. The summed E-state index contributed by atoms with van der Waals surface area (Å²) >= 11 is 3.46. The van der Waals surface area contributed by atoms with Crippen LogP contribution in [-0.4, -0.2) is 9.97 Å². The number of nitrogens with zero attached hydrogens (tertiary/aromatic N) is 3. The summed E-state index contributed by atoms with van der Waals surface area (Å²) in [4.78, 5) is 12.2. The summed E-state index contributed by atoms with van der Waals surface area (Å²) in [5.41, 5.74) is 10.0. The van der Waals surface area contributed by atoms with E-state index in [1.165, 1.54) is 52.8 Å². The zero-order chi connectivity index (χ0) is 36.3. The summed E-state index contributed by atoms with van der Waals surface area (Å²) in [6, 6.07) is 67.7. The molecular formula is C50H31N3S2. The van der Waals surface area contributed by atoms with Gasteiger partial charge in [0.1, 0.15) is 10.0 Å². The maximum absolute atomic E-state index is 4.92. The highest BCUT2D eigenvalue weighted by Gasteiger charge is 2.16. The summed E-state index contributed by atoms with van der Waals surface area (Å²) in [5, 5.41) is 9.55. The molecule has 0 fully saturated rings. The molecule has 9 aromatic carbocycles. The van der Waals surface area contributed by atoms with Crippen molar-refractivity contribution in [1.82, 2.24) is 9.97 Å². The molecule has 0 saturated heterocycles. The van der Waals surface area contributed by atoms with Crippen LogP contribution in [0.5, 0.6) is 0 Å². The molecular weight excluding hydrogens is 707 g/mol. The first-order valence-corrected chi connectivity index (χ1v) is 20.0. The average Bonchev–Trinajstić information content (AvgIpc) is 3.89. The second kappa shape index (κ2) is 13.0. The van der Waals surface area contributed by atoms with Gasteiger partial charge in [0.2, 0.25) is 0 Å². The molecule has 0 unspecified atom stereocenters. The number of thiazole rings is 2. The highest BCUT2D eigenvalue weighted by atomic mass is 32.1. The predicted octanol–water partition coefficient (Wildman–Crippen LogP) is 14.8. The quantitative estimate of drug-likeness (QED) is 0.159. The van der Waals surface area contributed by atoms with E-state index in [-0.39, 0.29) is 0 Å². The Balaban J connectivity index is 0.989. The Labute approximate surface area is 326 Å². The zero-order valence-corrected chi connectivity index (χ0v) is 31.2. The lowest BCUT2D eigenvalue weighted by atomic mass is 9.93. The molecule has 5 heteroatoms. The van der Waals surface area contributed by atoms with Crippen LogP contribution in [0.25, 0.3) is 85.0 Å². The molecule has 0 radical (unpaired) electrons. The van der Waals surface area contributed by atoms with Gasteiger partial charge in [-0.25, -0.2) is 9.97 Å². The number of hydrogen-bond acceptors (Lipinski definition) is 5. The molecule has 3 nitrogen and oxygen atoms in total. The van der Waals surface area contributed by atoms with Gasteiger partial charge in [0.15, 0.2) is 0 Å². The first-order valence-electron chi connectivity index (χ1n) is 18.4. The minimum atomic E-state index is 1.03. The van der Waals surface area contributed by atoms with E-state index in [9.17, 15) is 0 Å². The Bertz CT molecular complexity index is 3030. The summed E-state index contributed by atoms with van der Waals surface area (Å²) in [7, 11) is 0. The second-order valence-electron chi connectivity index (χ2n) is 13.8. The van der Waals surface area contributed by atoms with Crippen LogP contribution in [0.3, 0.4) is 0 Å². The third kappa shape index (κ3) is 5.64. The highest BCUT2D eigenvalue weighted by molar-refractivity contribution is 7.22. The molecule has 0 bridgehead atoms. The van der Waals surface area contributed by atoms with Crippen LogP contribution in [0, 0.1) is 0 Å². The van der Waals surface area contributed by atoms with Crippen molar-refractivity contribution >= 4 is 92.5 Å². The van der Waals surface area contributed by atoms with E-state index in [1.807, 2.05) is 12.1 Å². The van der Waals surface area contributed by atoms with Crippen molar-refractivity contribution in [3.05, 3.63) is 188 Å².